The Morgan fingerprint density at radius 2 is 1.80 bits per heavy atom. The van der Waals surface area contributed by atoms with Crippen LogP contribution >= 0.6 is 11.8 Å². The Hall–Kier alpha value is -2.16. The Labute approximate surface area is 151 Å². The second-order valence-corrected chi connectivity index (χ2v) is 8.54. The number of hydrogen-bond donors (Lipinski definition) is 0. The molecule has 3 aromatic rings. The van der Waals surface area contributed by atoms with Crippen LogP contribution in [0.3, 0.4) is 0 Å². The van der Waals surface area contributed by atoms with Crippen molar-refractivity contribution in [3.05, 3.63) is 60.7 Å². The molecule has 0 N–H and O–H groups in total. The maximum atomic E-state index is 12.0. The van der Waals surface area contributed by atoms with Crippen LogP contribution in [0.4, 0.5) is 0 Å². The number of aromatic nitrogens is 2. The molecule has 2 aromatic heterocycles. The highest BCUT2D eigenvalue weighted by molar-refractivity contribution is 7.98. The van der Waals surface area contributed by atoms with Crippen LogP contribution in [0.15, 0.2) is 69.2 Å². The van der Waals surface area contributed by atoms with Gasteiger partial charge in [-0.15, -0.1) is 0 Å². The zero-order valence-corrected chi connectivity index (χ0v) is 15.4. The van der Waals surface area contributed by atoms with Gasteiger partial charge in [-0.05, 0) is 12.1 Å². The van der Waals surface area contributed by atoms with Crippen molar-refractivity contribution < 1.29 is 12.8 Å². The van der Waals surface area contributed by atoms with Crippen molar-refractivity contribution in [2.45, 2.75) is 15.7 Å². The van der Waals surface area contributed by atoms with Gasteiger partial charge in [0.25, 0.3) is 0 Å². The van der Waals surface area contributed by atoms with E-state index >= 15 is 0 Å². The van der Waals surface area contributed by atoms with E-state index in [9.17, 15) is 8.42 Å². The fourth-order valence-corrected chi connectivity index (χ4v) is 3.61. The molecule has 0 atom stereocenters. The third-order valence-electron chi connectivity index (χ3n) is 3.44. The van der Waals surface area contributed by atoms with Gasteiger partial charge in [0.05, 0.1) is 17.0 Å². The van der Waals surface area contributed by atoms with Crippen molar-refractivity contribution in [3.8, 4) is 11.3 Å². The maximum Gasteiger partial charge on any atom is 0.244 e. The summed E-state index contributed by atoms with van der Waals surface area (Å²) in [4.78, 5) is 8.64. The van der Waals surface area contributed by atoms with Gasteiger partial charge in [-0.3, -0.25) is 0 Å². The molecule has 0 spiro atoms. The van der Waals surface area contributed by atoms with E-state index in [-0.39, 0.29) is 4.90 Å². The van der Waals surface area contributed by atoms with E-state index in [1.807, 2.05) is 30.3 Å². The molecule has 0 unspecified atom stereocenters. The molecule has 0 aliphatic heterocycles. The maximum absolute atomic E-state index is 12.0. The molecule has 0 fully saturated rings. The highest BCUT2D eigenvalue weighted by Crippen LogP contribution is 2.25. The largest absolute Gasteiger partial charge is 0.440 e. The molecule has 0 aliphatic rings. The van der Waals surface area contributed by atoms with Crippen LogP contribution in [0.25, 0.3) is 11.3 Å². The van der Waals surface area contributed by atoms with Gasteiger partial charge in [0.1, 0.15) is 4.90 Å². The molecule has 6 nitrogen and oxygen atoms in total. The smallest absolute Gasteiger partial charge is 0.244 e. The quantitative estimate of drug-likeness (QED) is 0.616. The monoisotopic (exact) mass is 375 g/mol. The number of thioether (sulfide) groups is 1. The topological polar surface area (TPSA) is 76.3 Å². The lowest BCUT2D eigenvalue weighted by molar-refractivity contribution is 0.520. The van der Waals surface area contributed by atoms with E-state index in [1.54, 1.807) is 18.3 Å². The van der Waals surface area contributed by atoms with E-state index in [4.69, 9.17) is 4.42 Å². The Balaban J connectivity index is 1.66. The lowest BCUT2D eigenvalue weighted by Gasteiger charge is -2.10. The van der Waals surface area contributed by atoms with Crippen LogP contribution in [0, 0.1) is 0 Å². The Morgan fingerprint density at radius 1 is 1.04 bits per heavy atom. The fraction of sp³-hybridized carbons (Fsp3) is 0.176. The van der Waals surface area contributed by atoms with Crippen LogP contribution < -0.4 is 0 Å². The molecule has 25 heavy (non-hydrogen) atoms. The molecule has 0 amide bonds. The number of oxazole rings is 1. The molecule has 0 saturated carbocycles. The Morgan fingerprint density at radius 3 is 2.44 bits per heavy atom. The lowest BCUT2D eigenvalue weighted by Crippen LogP contribution is -2.22. The minimum absolute atomic E-state index is 0.171. The molecule has 0 bridgehead atoms. The van der Waals surface area contributed by atoms with E-state index in [0.717, 1.165) is 15.6 Å². The average molecular weight is 375 g/mol. The number of benzene rings is 1. The van der Waals surface area contributed by atoms with Crippen molar-refractivity contribution in [3.63, 3.8) is 0 Å². The van der Waals surface area contributed by atoms with Gasteiger partial charge in [0.15, 0.2) is 5.76 Å². The first-order valence-corrected chi connectivity index (χ1v) is 9.91. The molecule has 3 rings (SSSR count). The zero-order valence-electron chi connectivity index (χ0n) is 13.8. The Kier molecular flexibility index (Phi) is 5.22. The minimum atomic E-state index is -3.46. The van der Waals surface area contributed by atoms with E-state index in [2.05, 4.69) is 9.97 Å². The molecule has 8 heteroatoms. The van der Waals surface area contributed by atoms with Crippen molar-refractivity contribution in [2.75, 3.05) is 14.1 Å². The van der Waals surface area contributed by atoms with E-state index < -0.39 is 10.0 Å². The van der Waals surface area contributed by atoms with Gasteiger partial charge in [0.2, 0.25) is 15.9 Å². The van der Waals surface area contributed by atoms with Gasteiger partial charge in [-0.25, -0.2) is 22.7 Å². The molecule has 130 valence electrons. The number of nitrogens with zero attached hydrogens (tertiary/aromatic N) is 3. The minimum Gasteiger partial charge on any atom is -0.440 e. The number of sulfonamides is 1. The highest BCUT2D eigenvalue weighted by atomic mass is 32.2. The summed E-state index contributed by atoms with van der Waals surface area (Å²) in [5.74, 6) is 1.83. The summed E-state index contributed by atoms with van der Waals surface area (Å²) in [6, 6.07) is 13.0. The lowest BCUT2D eigenvalue weighted by atomic mass is 10.2. The highest BCUT2D eigenvalue weighted by Gasteiger charge is 2.17. The molecule has 1 aromatic carbocycles. The van der Waals surface area contributed by atoms with Gasteiger partial charge in [-0.2, -0.15) is 0 Å². The summed E-state index contributed by atoms with van der Waals surface area (Å²) < 4.78 is 30.9. The summed E-state index contributed by atoms with van der Waals surface area (Å²) in [7, 11) is -0.475. The standard InChI is InChI=1S/C17H17N3O3S2/c1-20(2)25(21,22)14-8-9-17(19-10-14)24-12-16-18-11-15(23-16)13-6-4-3-5-7-13/h3-11H,12H2,1-2H3. The van der Waals surface area contributed by atoms with Crippen LogP contribution in [0.1, 0.15) is 5.89 Å². The fourth-order valence-electron chi connectivity index (χ4n) is 2.06. The predicted molar refractivity (Wildman–Crippen MR) is 96.6 cm³/mol. The van der Waals surface area contributed by atoms with Gasteiger partial charge >= 0.3 is 0 Å². The summed E-state index contributed by atoms with van der Waals surface area (Å²) >= 11 is 1.43. The van der Waals surface area contributed by atoms with Crippen LogP contribution in [-0.2, 0) is 15.8 Å². The van der Waals surface area contributed by atoms with E-state index in [1.165, 1.54) is 32.1 Å². The molecule has 0 saturated heterocycles. The number of hydrogen-bond acceptors (Lipinski definition) is 6. The zero-order chi connectivity index (χ0) is 17.9. The summed E-state index contributed by atoms with van der Waals surface area (Å²) in [5, 5.41) is 0.706. The average Bonchev–Trinajstić information content (AvgIpc) is 3.10. The summed E-state index contributed by atoms with van der Waals surface area (Å²) in [5.41, 5.74) is 0.975. The first kappa shape index (κ1) is 17.7. The van der Waals surface area contributed by atoms with Gasteiger partial charge < -0.3 is 4.42 Å². The molecular formula is C17H17N3O3S2. The van der Waals surface area contributed by atoms with Crippen LogP contribution in [0.2, 0.25) is 0 Å². The van der Waals surface area contributed by atoms with E-state index in [0.29, 0.717) is 16.7 Å². The van der Waals surface area contributed by atoms with Gasteiger partial charge in [0, 0.05) is 25.9 Å². The number of pyridine rings is 1. The van der Waals surface area contributed by atoms with Crippen LogP contribution in [0.5, 0.6) is 0 Å². The van der Waals surface area contributed by atoms with Crippen molar-refractivity contribution in [2.24, 2.45) is 0 Å². The molecular weight excluding hydrogens is 358 g/mol. The first-order valence-electron chi connectivity index (χ1n) is 7.48. The second kappa shape index (κ2) is 7.38. The molecule has 0 aliphatic carbocycles. The molecule has 2 heterocycles. The third kappa shape index (κ3) is 4.09. The SMILES string of the molecule is CN(C)S(=O)(=O)c1ccc(SCc2ncc(-c3ccccc3)o2)nc1. The van der Waals surface area contributed by atoms with Crippen molar-refractivity contribution >= 4 is 21.8 Å². The molecule has 0 radical (unpaired) electrons. The second-order valence-electron chi connectivity index (χ2n) is 5.39. The summed E-state index contributed by atoms with van der Waals surface area (Å²) in [6.07, 6.45) is 3.06. The first-order chi connectivity index (χ1) is 12.0. The van der Waals surface area contributed by atoms with Gasteiger partial charge in [-0.1, -0.05) is 42.1 Å². The third-order valence-corrected chi connectivity index (χ3v) is 6.17. The number of rotatable bonds is 6. The van der Waals surface area contributed by atoms with Crippen molar-refractivity contribution in [1.82, 2.24) is 14.3 Å². The Bertz CT molecular complexity index is 937. The predicted octanol–water partition coefficient (Wildman–Crippen LogP) is 3.28. The van der Waals surface area contributed by atoms with Crippen molar-refractivity contribution in [1.29, 1.82) is 0 Å². The summed E-state index contributed by atoms with van der Waals surface area (Å²) in [6.45, 7) is 0. The van der Waals surface area contributed by atoms with Crippen LogP contribution in [-0.4, -0.2) is 36.8 Å². The normalized spacial score (nSPS) is 11.8.